The van der Waals surface area contributed by atoms with Crippen LogP contribution < -0.4 is 0 Å². The van der Waals surface area contributed by atoms with Crippen LogP contribution in [0.15, 0.2) is 24.3 Å². The molecule has 2 heteroatoms. The summed E-state index contributed by atoms with van der Waals surface area (Å²) < 4.78 is 5.10. The summed E-state index contributed by atoms with van der Waals surface area (Å²) in [5, 5.41) is 10.4. The Balaban J connectivity index is 2.80. The second kappa shape index (κ2) is 5.85. The van der Waals surface area contributed by atoms with E-state index in [0.717, 1.165) is 5.56 Å². The molecule has 18 heavy (non-hydrogen) atoms. The van der Waals surface area contributed by atoms with Crippen LogP contribution in [0.25, 0.3) is 0 Å². The van der Waals surface area contributed by atoms with Crippen LogP contribution in [0, 0.1) is 0 Å². The van der Waals surface area contributed by atoms with Gasteiger partial charge in [0.25, 0.3) is 0 Å². The molecule has 1 aromatic carbocycles. The summed E-state index contributed by atoms with van der Waals surface area (Å²) in [5.41, 5.74) is 1.90. The number of benzene rings is 1. The first kappa shape index (κ1) is 15.2. The summed E-state index contributed by atoms with van der Waals surface area (Å²) in [5.74, 6) is 0. The van der Waals surface area contributed by atoms with Crippen LogP contribution in [0.1, 0.15) is 45.2 Å². The molecule has 0 saturated carbocycles. The molecule has 1 unspecified atom stereocenters. The minimum atomic E-state index is -0.752. The highest BCUT2D eigenvalue weighted by Crippen LogP contribution is 2.24. The van der Waals surface area contributed by atoms with Crippen molar-refractivity contribution in [2.45, 2.75) is 51.6 Å². The van der Waals surface area contributed by atoms with Gasteiger partial charge in [-0.05, 0) is 23.0 Å². The number of aliphatic hydroxyl groups is 1. The first-order valence-electron chi connectivity index (χ1n) is 6.61. The number of rotatable bonds is 5. The second-order valence-electron chi connectivity index (χ2n) is 6.13. The van der Waals surface area contributed by atoms with Crippen LogP contribution in [0.2, 0.25) is 0 Å². The maximum atomic E-state index is 10.4. The van der Waals surface area contributed by atoms with Crippen molar-refractivity contribution in [1.82, 2.24) is 0 Å². The zero-order chi connectivity index (χ0) is 13.8. The standard InChI is InChI=1S/C16H26O2/c1-6-16(17,12-18-5)11-13-7-9-14(10-8-13)15(2,3)4/h7-10,17H,6,11-12H2,1-5H3. The van der Waals surface area contributed by atoms with Crippen molar-refractivity contribution < 1.29 is 9.84 Å². The van der Waals surface area contributed by atoms with E-state index in [0.29, 0.717) is 19.4 Å². The fourth-order valence-corrected chi connectivity index (χ4v) is 2.05. The molecule has 0 saturated heterocycles. The lowest BCUT2D eigenvalue weighted by molar-refractivity contribution is -0.0333. The van der Waals surface area contributed by atoms with Crippen molar-refractivity contribution in [3.8, 4) is 0 Å². The molecular formula is C16H26O2. The van der Waals surface area contributed by atoms with Crippen LogP contribution >= 0.6 is 0 Å². The summed E-state index contributed by atoms with van der Waals surface area (Å²) in [6.45, 7) is 8.98. The van der Waals surface area contributed by atoms with Gasteiger partial charge in [0.05, 0.1) is 12.2 Å². The van der Waals surface area contributed by atoms with Crippen molar-refractivity contribution in [3.63, 3.8) is 0 Å². The Morgan fingerprint density at radius 2 is 1.67 bits per heavy atom. The molecule has 2 nitrogen and oxygen atoms in total. The third-order valence-corrected chi connectivity index (χ3v) is 3.42. The average molecular weight is 250 g/mol. The highest BCUT2D eigenvalue weighted by molar-refractivity contribution is 5.28. The third kappa shape index (κ3) is 4.11. The van der Waals surface area contributed by atoms with Crippen molar-refractivity contribution in [2.24, 2.45) is 0 Å². The summed E-state index contributed by atoms with van der Waals surface area (Å²) in [7, 11) is 1.63. The van der Waals surface area contributed by atoms with E-state index in [1.54, 1.807) is 7.11 Å². The molecule has 0 spiro atoms. The predicted molar refractivity (Wildman–Crippen MR) is 76.0 cm³/mol. The lowest BCUT2D eigenvalue weighted by Gasteiger charge is -2.26. The van der Waals surface area contributed by atoms with Gasteiger partial charge in [0.1, 0.15) is 0 Å². The smallest absolute Gasteiger partial charge is 0.0917 e. The normalized spacial score (nSPS) is 15.4. The second-order valence-corrected chi connectivity index (χ2v) is 6.13. The first-order valence-corrected chi connectivity index (χ1v) is 6.61. The molecule has 0 fully saturated rings. The van der Waals surface area contributed by atoms with Crippen molar-refractivity contribution >= 4 is 0 Å². The Kier molecular flexibility index (Phi) is 4.94. The van der Waals surface area contributed by atoms with E-state index in [2.05, 4.69) is 45.0 Å². The minimum Gasteiger partial charge on any atom is -0.387 e. The zero-order valence-corrected chi connectivity index (χ0v) is 12.3. The van der Waals surface area contributed by atoms with Gasteiger partial charge in [-0.25, -0.2) is 0 Å². The number of hydrogen-bond acceptors (Lipinski definition) is 2. The third-order valence-electron chi connectivity index (χ3n) is 3.42. The van der Waals surface area contributed by atoms with Gasteiger partial charge >= 0.3 is 0 Å². The Labute approximate surface area is 111 Å². The number of hydrogen-bond donors (Lipinski definition) is 1. The molecule has 0 amide bonds. The molecule has 102 valence electrons. The Bertz CT molecular complexity index is 362. The molecule has 1 atom stereocenters. The van der Waals surface area contributed by atoms with Crippen LogP contribution in [0.4, 0.5) is 0 Å². The van der Waals surface area contributed by atoms with Gasteiger partial charge in [0, 0.05) is 13.5 Å². The minimum absolute atomic E-state index is 0.173. The SMILES string of the molecule is CCC(O)(COC)Cc1ccc(C(C)(C)C)cc1. The van der Waals surface area contributed by atoms with E-state index in [-0.39, 0.29) is 5.41 Å². The topological polar surface area (TPSA) is 29.5 Å². The largest absolute Gasteiger partial charge is 0.387 e. The van der Waals surface area contributed by atoms with Crippen molar-refractivity contribution in [1.29, 1.82) is 0 Å². The lowest BCUT2D eigenvalue weighted by atomic mass is 9.85. The summed E-state index contributed by atoms with van der Waals surface area (Å²) >= 11 is 0. The van der Waals surface area contributed by atoms with Gasteiger partial charge in [0.2, 0.25) is 0 Å². The molecule has 1 N–H and O–H groups in total. The van der Waals surface area contributed by atoms with Crippen LogP contribution in [0.5, 0.6) is 0 Å². The van der Waals surface area contributed by atoms with Crippen LogP contribution in [0.3, 0.4) is 0 Å². The highest BCUT2D eigenvalue weighted by atomic mass is 16.5. The van der Waals surface area contributed by atoms with Gasteiger partial charge in [0.15, 0.2) is 0 Å². The van der Waals surface area contributed by atoms with Gasteiger partial charge < -0.3 is 9.84 Å². The quantitative estimate of drug-likeness (QED) is 0.868. The summed E-state index contributed by atoms with van der Waals surface area (Å²) in [6.07, 6.45) is 1.34. The van der Waals surface area contributed by atoms with E-state index in [1.165, 1.54) is 5.56 Å². The van der Waals surface area contributed by atoms with Gasteiger partial charge in [-0.3, -0.25) is 0 Å². The van der Waals surface area contributed by atoms with Crippen molar-refractivity contribution in [2.75, 3.05) is 13.7 Å². The van der Waals surface area contributed by atoms with Gasteiger partial charge in [-0.15, -0.1) is 0 Å². The highest BCUT2D eigenvalue weighted by Gasteiger charge is 2.25. The van der Waals surface area contributed by atoms with Crippen LogP contribution in [-0.4, -0.2) is 24.4 Å². The summed E-state index contributed by atoms with van der Waals surface area (Å²) in [4.78, 5) is 0. The fourth-order valence-electron chi connectivity index (χ4n) is 2.05. The predicted octanol–water partition coefficient (Wildman–Crippen LogP) is 3.31. The molecule has 0 radical (unpaired) electrons. The van der Waals surface area contributed by atoms with Crippen molar-refractivity contribution in [3.05, 3.63) is 35.4 Å². The average Bonchev–Trinajstić information content (AvgIpc) is 2.29. The molecule has 1 rings (SSSR count). The first-order chi connectivity index (χ1) is 8.30. The molecule has 0 aromatic heterocycles. The number of methoxy groups -OCH3 is 1. The molecule has 0 aliphatic heterocycles. The molecular weight excluding hydrogens is 224 g/mol. The Hall–Kier alpha value is -0.860. The molecule has 0 heterocycles. The van der Waals surface area contributed by atoms with E-state index in [1.807, 2.05) is 6.92 Å². The van der Waals surface area contributed by atoms with E-state index in [4.69, 9.17) is 4.74 Å². The molecule has 0 aliphatic carbocycles. The van der Waals surface area contributed by atoms with Gasteiger partial charge in [-0.2, -0.15) is 0 Å². The monoisotopic (exact) mass is 250 g/mol. The fraction of sp³-hybridized carbons (Fsp3) is 0.625. The summed E-state index contributed by atoms with van der Waals surface area (Å²) in [6, 6.07) is 8.52. The van der Waals surface area contributed by atoms with E-state index < -0.39 is 5.60 Å². The van der Waals surface area contributed by atoms with E-state index in [9.17, 15) is 5.11 Å². The maximum Gasteiger partial charge on any atom is 0.0917 e. The lowest BCUT2D eigenvalue weighted by Crippen LogP contribution is -2.35. The maximum absolute atomic E-state index is 10.4. The molecule has 1 aromatic rings. The van der Waals surface area contributed by atoms with Crippen LogP contribution in [-0.2, 0) is 16.6 Å². The molecule has 0 aliphatic rings. The Morgan fingerprint density at radius 1 is 1.11 bits per heavy atom. The molecule has 0 bridgehead atoms. The zero-order valence-electron chi connectivity index (χ0n) is 12.3. The number of ether oxygens (including phenoxy) is 1. The Morgan fingerprint density at radius 3 is 2.06 bits per heavy atom. The van der Waals surface area contributed by atoms with Gasteiger partial charge in [-0.1, -0.05) is 52.0 Å². The van der Waals surface area contributed by atoms with E-state index >= 15 is 0 Å².